The molecule has 1 aliphatic heterocycles. The first-order valence-corrected chi connectivity index (χ1v) is 6.33. The molecule has 5 nitrogen and oxygen atoms in total. The van der Waals surface area contributed by atoms with Crippen LogP contribution in [0.25, 0.3) is 0 Å². The molecule has 0 radical (unpaired) electrons. The molecule has 1 fully saturated rings. The van der Waals surface area contributed by atoms with E-state index in [9.17, 15) is 9.59 Å². The van der Waals surface area contributed by atoms with E-state index in [1.807, 2.05) is 6.92 Å². The van der Waals surface area contributed by atoms with Crippen LogP contribution in [0.4, 0.5) is 0 Å². The van der Waals surface area contributed by atoms with Crippen LogP contribution >= 0.6 is 0 Å². The lowest BCUT2D eigenvalue weighted by Gasteiger charge is -2.28. The van der Waals surface area contributed by atoms with E-state index in [1.165, 1.54) is 6.92 Å². The number of nitrogens with one attached hydrogen (secondary N) is 1. The van der Waals surface area contributed by atoms with E-state index in [4.69, 9.17) is 5.11 Å². The summed E-state index contributed by atoms with van der Waals surface area (Å²) >= 11 is 0. The smallest absolute Gasteiger partial charge is 0.245 e. The van der Waals surface area contributed by atoms with Gasteiger partial charge in [0.2, 0.25) is 5.91 Å². The summed E-state index contributed by atoms with van der Waals surface area (Å²) < 4.78 is 0. The van der Waals surface area contributed by atoms with Gasteiger partial charge in [-0.3, -0.25) is 9.59 Å². The van der Waals surface area contributed by atoms with Crippen molar-refractivity contribution in [1.29, 1.82) is 0 Å². The van der Waals surface area contributed by atoms with E-state index in [0.29, 0.717) is 6.54 Å². The lowest BCUT2D eigenvalue weighted by Crippen LogP contribution is -2.49. The Kier molecular flexibility index (Phi) is 4.76. The summed E-state index contributed by atoms with van der Waals surface area (Å²) in [6.45, 7) is 9.12. The summed E-state index contributed by atoms with van der Waals surface area (Å²) in [5.41, 5.74) is 0. The normalized spacial score (nSPS) is 24.7. The highest BCUT2D eigenvalue weighted by molar-refractivity contribution is 5.90. The summed E-state index contributed by atoms with van der Waals surface area (Å²) in [5.74, 6) is -0.124. The largest absolute Gasteiger partial charge is 0.495 e. The molecule has 2 N–H and O–H groups in total. The summed E-state index contributed by atoms with van der Waals surface area (Å²) in [4.78, 5) is 25.5. The molecule has 0 spiro atoms. The van der Waals surface area contributed by atoms with Crippen molar-refractivity contribution >= 4 is 11.7 Å². The van der Waals surface area contributed by atoms with Crippen LogP contribution in [0, 0.1) is 5.92 Å². The minimum atomic E-state index is -0.569. The van der Waals surface area contributed by atoms with Gasteiger partial charge in [0.25, 0.3) is 0 Å². The number of likely N-dealkylation sites (tertiary alicyclic amines) is 1. The van der Waals surface area contributed by atoms with Crippen LogP contribution in [0.1, 0.15) is 33.6 Å². The first kappa shape index (κ1) is 14.5. The van der Waals surface area contributed by atoms with Crippen LogP contribution in [0.5, 0.6) is 0 Å². The maximum Gasteiger partial charge on any atom is 0.245 e. The predicted molar refractivity (Wildman–Crippen MR) is 68.9 cm³/mol. The molecule has 0 aromatic heterocycles. The minimum absolute atomic E-state index is 0.0303. The van der Waals surface area contributed by atoms with E-state index >= 15 is 0 Å². The third-order valence-corrected chi connectivity index (χ3v) is 3.50. The number of nitrogens with zero attached hydrogens (tertiary/aromatic N) is 1. The summed E-state index contributed by atoms with van der Waals surface area (Å²) in [6, 6.07) is -0.890. The highest BCUT2D eigenvalue weighted by Gasteiger charge is 2.40. The number of aliphatic hydroxyl groups is 1. The van der Waals surface area contributed by atoms with Crippen LogP contribution in [-0.2, 0) is 9.59 Å². The fourth-order valence-electron chi connectivity index (χ4n) is 2.64. The molecule has 1 heterocycles. The number of carbonyl (C=O) groups excluding carboxylic acids is 2. The molecule has 1 saturated heterocycles. The third kappa shape index (κ3) is 3.03. The quantitative estimate of drug-likeness (QED) is 0.724. The fraction of sp³-hybridized carbons (Fsp3) is 0.692. The van der Waals surface area contributed by atoms with Crippen molar-refractivity contribution in [3.63, 3.8) is 0 Å². The molecule has 1 unspecified atom stereocenters. The van der Waals surface area contributed by atoms with Crippen LogP contribution < -0.4 is 5.32 Å². The van der Waals surface area contributed by atoms with Gasteiger partial charge in [0.15, 0.2) is 11.7 Å². The number of hydrogen-bond donors (Lipinski definition) is 2. The van der Waals surface area contributed by atoms with Gasteiger partial charge >= 0.3 is 0 Å². The molecular weight excluding hydrogens is 232 g/mol. The Morgan fingerprint density at radius 1 is 1.56 bits per heavy atom. The number of rotatable bonds is 5. The molecule has 102 valence electrons. The Bertz CT molecular complexity index is 354. The van der Waals surface area contributed by atoms with Crippen molar-refractivity contribution in [2.24, 2.45) is 5.92 Å². The molecule has 3 atom stereocenters. The van der Waals surface area contributed by atoms with Crippen molar-refractivity contribution in [3.8, 4) is 0 Å². The van der Waals surface area contributed by atoms with E-state index in [-0.39, 0.29) is 29.5 Å². The molecule has 5 heteroatoms. The first-order chi connectivity index (χ1) is 8.38. The zero-order valence-electron chi connectivity index (χ0n) is 11.3. The van der Waals surface area contributed by atoms with E-state index in [2.05, 4.69) is 11.9 Å². The van der Waals surface area contributed by atoms with Crippen LogP contribution in [-0.4, -0.2) is 40.3 Å². The predicted octanol–water partition coefficient (Wildman–Crippen LogP) is 1.21. The number of Topliss-reactive ketones (excluding diaryl/α,β-unsaturated/α-hetero) is 1. The van der Waals surface area contributed by atoms with Crippen molar-refractivity contribution in [3.05, 3.63) is 12.5 Å². The SMILES string of the molecule is C=C(O)NC(C)C(=O)N1CC[C@@H](CC)[C@H]1C(C)=O. The molecule has 1 aliphatic rings. The number of carbonyl (C=O) groups is 2. The van der Waals surface area contributed by atoms with Gasteiger partial charge in [-0.05, 0) is 32.8 Å². The van der Waals surface area contributed by atoms with Gasteiger partial charge in [-0.25, -0.2) is 0 Å². The fourth-order valence-corrected chi connectivity index (χ4v) is 2.64. The Morgan fingerprint density at radius 2 is 2.17 bits per heavy atom. The molecule has 0 saturated carbocycles. The molecule has 18 heavy (non-hydrogen) atoms. The molecule has 0 aromatic rings. The Morgan fingerprint density at radius 3 is 2.61 bits per heavy atom. The van der Waals surface area contributed by atoms with E-state index in [0.717, 1.165) is 12.8 Å². The lowest BCUT2D eigenvalue weighted by atomic mass is 9.95. The van der Waals surface area contributed by atoms with Gasteiger partial charge in [-0.15, -0.1) is 0 Å². The van der Waals surface area contributed by atoms with Gasteiger partial charge in [-0.2, -0.15) is 0 Å². The van der Waals surface area contributed by atoms with E-state index in [1.54, 1.807) is 11.8 Å². The monoisotopic (exact) mass is 254 g/mol. The van der Waals surface area contributed by atoms with Crippen LogP contribution in [0.15, 0.2) is 12.5 Å². The maximum absolute atomic E-state index is 12.2. The van der Waals surface area contributed by atoms with Gasteiger partial charge < -0.3 is 15.3 Å². The molecule has 0 bridgehead atoms. The molecular formula is C13H22N2O3. The third-order valence-electron chi connectivity index (χ3n) is 3.50. The summed E-state index contributed by atoms with van der Waals surface area (Å²) in [5, 5.41) is 11.6. The number of hydrogen-bond acceptors (Lipinski definition) is 4. The standard InChI is InChI=1S/C13H22N2O3/c1-5-11-6-7-15(12(11)9(3)16)13(18)8(2)14-10(4)17/h8,11-12,14,17H,4-7H2,1-3H3/t8?,11-,12-/m1/s1. The van der Waals surface area contributed by atoms with Gasteiger partial charge in [-0.1, -0.05) is 13.3 Å². The Hall–Kier alpha value is -1.52. The minimum Gasteiger partial charge on any atom is -0.495 e. The lowest BCUT2D eigenvalue weighted by molar-refractivity contribution is -0.139. The zero-order valence-corrected chi connectivity index (χ0v) is 11.3. The van der Waals surface area contributed by atoms with E-state index < -0.39 is 6.04 Å². The maximum atomic E-state index is 12.2. The van der Waals surface area contributed by atoms with Gasteiger partial charge in [0.05, 0.1) is 6.04 Å². The van der Waals surface area contributed by atoms with Gasteiger partial charge in [0, 0.05) is 6.54 Å². The zero-order chi connectivity index (χ0) is 13.9. The summed E-state index contributed by atoms with van der Waals surface area (Å²) in [7, 11) is 0. The van der Waals surface area contributed by atoms with Crippen LogP contribution in [0.3, 0.4) is 0 Å². The average Bonchev–Trinajstić information content (AvgIpc) is 2.70. The number of ketones is 1. The second-order valence-corrected chi connectivity index (χ2v) is 4.86. The first-order valence-electron chi connectivity index (χ1n) is 6.33. The Balaban J connectivity index is 2.78. The summed E-state index contributed by atoms with van der Waals surface area (Å²) in [6.07, 6.45) is 1.75. The average molecular weight is 254 g/mol. The highest BCUT2D eigenvalue weighted by atomic mass is 16.3. The van der Waals surface area contributed by atoms with Crippen molar-refractivity contribution in [1.82, 2.24) is 10.2 Å². The topological polar surface area (TPSA) is 69.6 Å². The molecule has 0 aliphatic carbocycles. The number of aliphatic hydroxyl groups excluding tert-OH is 1. The van der Waals surface area contributed by atoms with Crippen molar-refractivity contribution in [2.75, 3.05) is 6.54 Å². The number of amides is 1. The second-order valence-electron chi connectivity index (χ2n) is 4.86. The highest BCUT2D eigenvalue weighted by Crippen LogP contribution is 2.28. The molecule has 1 amide bonds. The Labute approximate surface area is 108 Å². The molecule has 1 rings (SSSR count). The van der Waals surface area contributed by atoms with Crippen molar-refractivity contribution in [2.45, 2.75) is 45.7 Å². The van der Waals surface area contributed by atoms with Crippen molar-refractivity contribution < 1.29 is 14.7 Å². The molecule has 0 aromatic carbocycles. The second kappa shape index (κ2) is 5.89. The van der Waals surface area contributed by atoms with Gasteiger partial charge in [0.1, 0.15) is 6.04 Å². The van der Waals surface area contributed by atoms with Crippen LogP contribution in [0.2, 0.25) is 0 Å².